The van der Waals surface area contributed by atoms with Crippen LogP contribution in [0.15, 0.2) is 39.9 Å². The highest BCUT2D eigenvalue weighted by Crippen LogP contribution is 2.21. The van der Waals surface area contributed by atoms with Gasteiger partial charge in [-0.3, -0.25) is 13.9 Å². The van der Waals surface area contributed by atoms with Crippen molar-refractivity contribution in [3.05, 3.63) is 51.2 Å². The third-order valence-electron chi connectivity index (χ3n) is 5.16. The van der Waals surface area contributed by atoms with Crippen LogP contribution in [0.4, 0.5) is 5.95 Å². The number of nitrogens with zero attached hydrogens (tertiary/aromatic N) is 5. The predicted molar refractivity (Wildman–Crippen MR) is 110 cm³/mol. The molecule has 0 amide bonds. The first-order valence-electron chi connectivity index (χ1n) is 9.74. The van der Waals surface area contributed by atoms with E-state index >= 15 is 0 Å². The molecule has 0 bridgehead atoms. The molecule has 0 spiro atoms. The topological polar surface area (TPSA) is 83.5 Å². The zero-order chi connectivity index (χ0) is 20.4. The van der Waals surface area contributed by atoms with Gasteiger partial charge in [0, 0.05) is 33.7 Å². The number of ether oxygens (including phenoxy) is 2. The Labute approximate surface area is 167 Å². The maximum atomic E-state index is 12.9. The van der Waals surface area contributed by atoms with E-state index in [1.165, 1.54) is 11.6 Å². The molecule has 9 heteroatoms. The van der Waals surface area contributed by atoms with Crippen molar-refractivity contribution in [1.29, 1.82) is 0 Å². The maximum Gasteiger partial charge on any atom is 0.332 e. The SMILES string of the molecule is Cn1c(=O)c2c(nc(N3CCOCC3)n2CCCOc2ccccc2)n(C)c1=O. The number of aryl methyl sites for hydroxylation is 2. The minimum atomic E-state index is -0.381. The molecule has 0 radical (unpaired) electrons. The van der Waals surface area contributed by atoms with Crippen LogP contribution in [-0.4, -0.2) is 51.6 Å². The fourth-order valence-electron chi connectivity index (χ4n) is 3.58. The largest absolute Gasteiger partial charge is 0.494 e. The first-order chi connectivity index (χ1) is 14.1. The predicted octanol–water partition coefficient (Wildman–Crippen LogP) is 0.739. The van der Waals surface area contributed by atoms with Crippen molar-refractivity contribution in [2.24, 2.45) is 14.1 Å². The highest BCUT2D eigenvalue weighted by atomic mass is 16.5. The van der Waals surface area contributed by atoms with Crippen LogP contribution in [0.5, 0.6) is 5.75 Å². The lowest BCUT2D eigenvalue weighted by Gasteiger charge is -2.28. The van der Waals surface area contributed by atoms with Gasteiger partial charge in [0.1, 0.15) is 5.75 Å². The summed E-state index contributed by atoms with van der Waals surface area (Å²) < 4.78 is 15.7. The Balaban J connectivity index is 1.67. The molecule has 1 aromatic carbocycles. The Hall–Kier alpha value is -3.07. The van der Waals surface area contributed by atoms with Gasteiger partial charge in [0.2, 0.25) is 5.95 Å². The lowest BCUT2D eigenvalue weighted by Crippen LogP contribution is -2.38. The van der Waals surface area contributed by atoms with E-state index in [1.807, 2.05) is 34.9 Å². The number of anilines is 1. The second kappa shape index (κ2) is 8.12. The molecule has 3 heterocycles. The standard InChI is InChI=1S/C20H25N5O4/c1-22-17-16(18(26)23(2)20(22)27)25(19(21-17)24-10-13-28-14-11-24)9-6-12-29-15-7-4-3-5-8-15/h3-5,7-8H,6,9-14H2,1-2H3. The minimum absolute atomic E-state index is 0.334. The molecule has 0 aliphatic carbocycles. The van der Waals surface area contributed by atoms with E-state index in [1.54, 1.807) is 7.05 Å². The van der Waals surface area contributed by atoms with Gasteiger partial charge in [0.05, 0.1) is 19.8 Å². The van der Waals surface area contributed by atoms with Crippen molar-refractivity contribution < 1.29 is 9.47 Å². The van der Waals surface area contributed by atoms with Crippen molar-refractivity contribution in [3.63, 3.8) is 0 Å². The fourth-order valence-corrected chi connectivity index (χ4v) is 3.58. The van der Waals surface area contributed by atoms with Crippen molar-refractivity contribution >= 4 is 17.1 Å². The second-order valence-corrected chi connectivity index (χ2v) is 7.06. The Morgan fingerprint density at radius 1 is 1.07 bits per heavy atom. The molecule has 29 heavy (non-hydrogen) atoms. The molecule has 9 nitrogen and oxygen atoms in total. The number of hydrogen-bond acceptors (Lipinski definition) is 6. The van der Waals surface area contributed by atoms with Crippen molar-refractivity contribution in [3.8, 4) is 5.75 Å². The summed E-state index contributed by atoms with van der Waals surface area (Å²) in [5, 5.41) is 0. The van der Waals surface area contributed by atoms with Crippen LogP contribution in [0.3, 0.4) is 0 Å². The number of morpholine rings is 1. The summed E-state index contributed by atoms with van der Waals surface area (Å²) in [6, 6.07) is 9.63. The lowest BCUT2D eigenvalue weighted by molar-refractivity contribution is 0.121. The van der Waals surface area contributed by atoms with Crippen LogP contribution in [0.25, 0.3) is 11.2 Å². The highest BCUT2D eigenvalue weighted by Gasteiger charge is 2.23. The van der Waals surface area contributed by atoms with Gasteiger partial charge in [-0.05, 0) is 18.6 Å². The van der Waals surface area contributed by atoms with E-state index < -0.39 is 0 Å². The zero-order valence-corrected chi connectivity index (χ0v) is 16.7. The molecule has 1 aliphatic heterocycles. The van der Waals surface area contributed by atoms with Gasteiger partial charge >= 0.3 is 5.69 Å². The highest BCUT2D eigenvalue weighted by molar-refractivity contribution is 5.74. The molecule has 1 saturated heterocycles. The van der Waals surface area contributed by atoms with Gasteiger partial charge in [-0.1, -0.05) is 18.2 Å². The summed E-state index contributed by atoms with van der Waals surface area (Å²) in [7, 11) is 3.14. The lowest BCUT2D eigenvalue weighted by atomic mass is 10.3. The Morgan fingerprint density at radius 2 is 1.79 bits per heavy atom. The van der Waals surface area contributed by atoms with Crippen LogP contribution in [0.2, 0.25) is 0 Å². The first-order valence-corrected chi connectivity index (χ1v) is 9.74. The van der Waals surface area contributed by atoms with Gasteiger partial charge in [-0.15, -0.1) is 0 Å². The van der Waals surface area contributed by atoms with Crippen molar-refractivity contribution in [2.45, 2.75) is 13.0 Å². The maximum absolute atomic E-state index is 12.9. The number of para-hydroxylation sites is 1. The van der Waals surface area contributed by atoms with Crippen molar-refractivity contribution in [2.75, 3.05) is 37.8 Å². The Morgan fingerprint density at radius 3 is 2.52 bits per heavy atom. The van der Waals surface area contributed by atoms with Crippen LogP contribution in [0.1, 0.15) is 6.42 Å². The summed E-state index contributed by atoms with van der Waals surface area (Å²) in [4.78, 5) is 32.0. The second-order valence-electron chi connectivity index (χ2n) is 7.06. The number of aromatic nitrogens is 4. The Kier molecular flexibility index (Phi) is 5.39. The molecule has 4 rings (SSSR count). The molecule has 0 atom stereocenters. The summed E-state index contributed by atoms with van der Waals surface area (Å²) in [5.41, 5.74) is 0.131. The van der Waals surface area contributed by atoms with E-state index in [2.05, 4.69) is 9.88 Å². The van der Waals surface area contributed by atoms with Gasteiger partial charge in [0.25, 0.3) is 5.56 Å². The molecule has 3 aromatic rings. The van der Waals surface area contributed by atoms with E-state index in [0.717, 1.165) is 10.3 Å². The molecule has 154 valence electrons. The average molecular weight is 399 g/mol. The van der Waals surface area contributed by atoms with Crippen LogP contribution >= 0.6 is 0 Å². The number of imidazole rings is 1. The van der Waals surface area contributed by atoms with E-state index in [0.29, 0.717) is 63.0 Å². The molecule has 0 unspecified atom stereocenters. The van der Waals surface area contributed by atoms with Gasteiger partial charge in [-0.2, -0.15) is 4.98 Å². The summed E-state index contributed by atoms with van der Waals surface area (Å²) in [5.74, 6) is 1.51. The molecule has 1 aliphatic rings. The van der Waals surface area contributed by atoms with E-state index in [4.69, 9.17) is 9.47 Å². The summed E-state index contributed by atoms with van der Waals surface area (Å²) in [6.07, 6.45) is 0.698. The summed E-state index contributed by atoms with van der Waals surface area (Å²) in [6.45, 7) is 3.67. The minimum Gasteiger partial charge on any atom is -0.494 e. The van der Waals surface area contributed by atoms with Gasteiger partial charge < -0.3 is 18.9 Å². The number of benzene rings is 1. The number of fused-ring (bicyclic) bond motifs is 1. The number of rotatable bonds is 6. The van der Waals surface area contributed by atoms with Crippen LogP contribution in [0, 0.1) is 0 Å². The number of hydrogen-bond donors (Lipinski definition) is 0. The monoisotopic (exact) mass is 399 g/mol. The zero-order valence-electron chi connectivity index (χ0n) is 16.7. The molecule has 0 N–H and O–H groups in total. The third-order valence-corrected chi connectivity index (χ3v) is 5.16. The Bertz CT molecular complexity index is 1110. The quantitative estimate of drug-likeness (QED) is 0.569. The van der Waals surface area contributed by atoms with Crippen LogP contribution < -0.4 is 20.9 Å². The molecule has 2 aromatic heterocycles. The van der Waals surface area contributed by atoms with E-state index in [-0.39, 0.29) is 11.2 Å². The fraction of sp³-hybridized carbons (Fsp3) is 0.450. The third kappa shape index (κ3) is 3.65. The molecule has 0 saturated carbocycles. The first kappa shape index (κ1) is 19.3. The summed E-state index contributed by atoms with van der Waals surface area (Å²) >= 11 is 0. The van der Waals surface area contributed by atoms with Crippen molar-refractivity contribution in [1.82, 2.24) is 18.7 Å². The normalized spacial score (nSPS) is 14.5. The van der Waals surface area contributed by atoms with Gasteiger partial charge in [-0.25, -0.2) is 4.79 Å². The van der Waals surface area contributed by atoms with Gasteiger partial charge in [0.15, 0.2) is 11.2 Å². The smallest absolute Gasteiger partial charge is 0.332 e. The molecule has 1 fully saturated rings. The van der Waals surface area contributed by atoms with E-state index in [9.17, 15) is 9.59 Å². The molecular weight excluding hydrogens is 374 g/mol. The van der Waals surface area contributed by atoms with Crippen LogP contribution in [-0.2, 0) is 25.4 Å². The molecular formula is C20H25N5O4. The average Bonchev–Trinajstić information content (AvgIpc) is 3.15.